The Kier molecular flexibility index (Phi) is 4.19. The smallest absolute Gasteiger partial charge is 0.243 e. The molecule has 8 heteroatoms. The van der Waals surface area contributed by atoms with Crippen LogP contribution in [0, 0.1) is 18.6 Å². The van der Waals surface area contributed by atoms with Crippen LogP contribution < -0.4 is 10.5 Å². The lowest BCUT2D eigenvalue weighted by atomic mass is 10.2. The number of benzene rings is 1. The molecule has 0 bridgehead atoms. The molecule has 21 heavy (non-hydrogen) atoms. The number of halogens is 2. The minimum Gasteiger partial charge on any atom is -0.396 e. The number of nitrogens with zero attached hydrogens (tertiary/aromatic N) is 1. The maximum atomic E-state index is 13.6. The third-order valence-electron chi connectivity index (χ3n) is 2.89. The molecule has 3 N–H and O–H groups in total. The van der Waals surface area contributed by atoms with Crippen LogP contribution in [0.15, 0.2) is 35.4 Å². The maximum absolute atomic E-state index is 13.6. The van der Waals surface area contributed by atoms with Crippen molar-refractivity contribution in [2.24, 2.45) is 0 Å². The van der Waals surface area contributed by atoms with Crippen molar-refractivity contribution in [2.45, 2.75) is 18.4 Å². The summed E-state index contributed by atoms with van der Waals surface area (Å²) >= 11 is 0. The largest absolute Gasteiger partial charge is 0.396 e. The fourth-order valence-electron chi connectivity index (χ4n) is 1.70. The molecular formula is C13H13F2N3O2S. The second-order valence-electron chi connectivity index (χ2n) is 4.40. The second kappa shape index (κ2) is 5.74. The molecule has 0 atom stereocenters. The van der Waals surface area contributed by atoms with E-state index < -0.39 is 32.2 Å². The SMILES string of the molecule is Cc1cccnc1CNS(=O)(=O)c1cc(N)c(F)cc1F. The third kappa shape index (κ3) is 3.34. The molecule has 0 unspecified atom stereocenters. The van der Waals surface area contributed by atoms with Crippen LogP contribution in [0.2, 0.25) is 0 Å². The Balaban J connectivity index is 2.27. The summed E-state index contributed by atoms with van der Waals surface area (Å²) < 4.78 is 53.0. The van der Waals surface area contributed by atoms with Crippen LogP contribution in [0.1, 0.15) is 11.3 Å². The van der Waals surface area contributed by atoms with Crippen molar-refractivity contribution < 1.29 is 17.2 Å². The van der Waals surface area contributed by atoms with Gasteiger partial charge in [-0.3, -0.25) is 4.98 Å². The molecule has 0 saturated carbocycles. The van der Waals surface area contributed by atoms with E-state index in [9.17, 15) is 17.2 Å². The van der Waals surface area contributed by atoms with Gasteiger partial charge in [-0.15, -0.1) is 0 Å². The zero-order valence-corrected chi connectivity index (χ0v) is 11.9. The van der Waals surface area contributed by atoms with E-state index in [0.717, 1.165) is 11.6 Å². The van der Waals surface area contributed by atoms with E-state index in [1.165, 1.54) is 6.20 Å². The fraction of sp³-hybridized carbons (Fsp3) is 0.154. The fourth-order valence-corrected chi connectivity index (χ4v) is 2.78. The van der Waals surface area contributed by atoms with Gasteiger partial charge in [-0.1, -0.05) is 6.07 Å². The zero-order valence-electron chi connectivity index (χ0n) is 11.1. The van der Waals surface area contributed by atoms with Crippen molar-refractivity contribution in [3.8, 4) is 0 Å². The number of sulfonamides is 1. The molecule has 0 radical (unpaired) electrons. The van der Waals surface area contributed by atoms with E-state index >= 15 is 0 Å². The molecule has 2 rings (SSSR count). The molecule has 2 aromatic rings. The minimum absolute atomic E-state index is 0.105. The van der Waals surface area contributed by atoms with Crippen molar-refractivity contribution >= 4 is 15.7 Å². The number of pyridine rings is 1. The van der Waals surface area contributed by atoms with Crippen LogP contribution >= 0.6 is 0 Å². The molecule has 0 spiro atoms. The summed E-state index contributed by atoms with van der Waals surface area (Å²) in [5.74, 6) is -2.21. The number of anilines is 1. The molecule has 0 aliphatic rings. The first-order valence-corrected chi connectivity index (χ1v) is 7.44. The lowest BCUT2D eigenvalue weighted by molar-refractivity contribution is 0.544. The lowest BCUT2D eigenvalue weighted by Crippen LogP contribution is -2.25. The highest BCUT2D eigenvalue weighted by molar-refractivity contribution is 7.89. The highest BCUT2D eigenvalue weighted by atomic mass is 32.2. The van der Waals surface area contributed by atoms with Gasteiger partial charge in [0, 0.05) is 12.3 Å². The van der Waals surface area contributed by atoms with Gasteiger partial charge in [0.15, 0.2) is 0 Å². The van der Waals surface area contributed by atoms with Crippen LogP contribution in [0.3, 0.4) is 0 Å². The Labute approximate surface area is 120 Å². The number of aromatic nitrogens is 1. The predicted molar refractivity (Wildman–Crippen MR) is 73.8 cm³/mol. The van der Waals surface area contributed by atoms with Gasteiger partial charge in [0.25, 0.3) is 0 Å². The Morgan fingerprint density at radius 2 is 2.00 bits per heavy atom. The molecule has 0 saturated heterocycles. The van der Waals surface area contributed by atoms with Crippen molar-refractivity contribution in [1.82, 2.24) is 9.71 Å². The minimum atomic E-state index is -4.16. The molecule has 0 aliphatic carbocycles. The summed E-state index contributed by atoms with van der Waals surface area (Å²) in [6.45, 7) is 1.67. The number of nitrogen functional groups attached to an aromatic ring is 1. The van der Waals surface area contributed by atoms with Crippen molar-refractivity contribution in [1.29, 1.82) is 0 Å². The quantitative estimate of drug-likeness (QED) is 0.842. The molecule has 5 nitrogen and oxygen atoms in total. The number of rotatable bonds is 4. The van der Waals surface area contributed by atoms with Gasteiger partial charge >= 0.3 is 0 Å². The van der Waals surface area contributed by atoms with E-state index in [2.05, 4.69) is 9.71 Å². The summed E-state index contributed by atoms with van der Waals surface area (Å²) in [7, 11) is -4.16. The number of hydrogen-bond acceptors (Lipinski definition) is 4. The first kappa shape index (κ1) is 15.3. The summed E-state index contributed by atoms with van der Waals surface area (Å²) in [6.07, 6.45) is 1.52. The summed E-state index contributed by atoms with van der Waals surface area (Å²) in [5, 5.41) is 0. The molecule has 1 aromatic carbocycles. The average molecular weight is 313 g/mol. The van der Waals surface area contributed by atoms with Gasteiger partial charge in [0.2, 0.25) is 10.0 Å². The topological polar surface area (TPSA) is 85.1 Å². The predicted octanol–water partition coefficient (Wildman–Crippen LogP) is 1.73. The lowest BCUT2D eigenvalue weighted by Gasteiger charge is -2.09. The van der Waals surface area contributed by atoms with Crippen molar-refractivity contribution in [3.05, 3.63) is 53.4 Å². The standard InChI is InChI=1S/C13H13F2N3O2S/c1-8-3-2-4-17-12(8)7-18-21(19,20)13-6-11(16)9(14)5-10(13)15/h2-6,18H,7,16H2,1H3. The van der Waals surface area contributed by atoms with E-state index in [4.69, 9.17) is 5.73 Å². The van der Waals surface area contributed by atoms with Gasteiger partial charge in [-0.2, -0.15) is 0 Å². The van der Waals surface area contributed by atoms with Gasteiger partial charge in [-0.25, -0.2) is 21.9 Å². The molecular weight excluding hydrogens is 300 g/mol. The molecule has 0 amide bonds. The highest BCUT2D eigenvalue weighted by Crippen LogP contribution is 2.21. The maximum Gasteiger partial charge on any atom is 0.243 e. The van der Waals surface area contributed by atoms with E-state index in [-0.39, 0.29) is 6.54 Å². The van der Waals surface area contributed by atoms with Crippen molar-refractivity contribution in [3.63, 3.8) is 0 Å². The molecule has 1 aromatic heterocycles. The van der Waals surface area contributed by atoms with Crippen molar-refractivity contribution in [2.75, 3.05) is 5.73 Å². The summed E-state index contributed by atoms with van der Waals surface area (Å²) in [6, 6.07) is 4.68. The number of nitrogens with two attached hydrogens (primary N) is 1. The van der Waals surface area contributed by atoms with Crippen LogP contribution in [0.5, 0.6) is 0 Å². The Bertz CT molecular complexity index is 779. The Morgan fingerprint density at radius 1 is 1.29 bits per heavy atom. The number of aryl methyl sites for hydroxylation is 1. The second-order valence-corrected chi connectivity index (χ2v) is 6.13. The first-order valence-electron chi connectivity index (χ1n) is 5.96. The molecule has 0 aliphatic heterocycles. The normalized spacial score (nSPS) is 11.6. The molecule has 112 valence electrons. The van der Waals surface area contributed by atoms with Crippen LogP contribution in [-0.4, -0.2) is 13.4 Å². The van der Waals surface area contributed by atoms with Gasteiger partial charge in [0.05, 0.1) is 17.9 Å². The third-order valence-corrected chi connectivity index (χ3v) is 4.30. The monoisotopic (exact) mass is 313 g/mol. The van der Waals surface area contributed by atoms with E-state index in [1.54, 1.807) is 19.1 Å². The zero-order chi connectivity index (χ0) is 15.6. The average Bonchev–Trinajstić information content (AvgIpc) is 2.42. The van der Waals surface area contributed by atoms with Crippen LogP contribution in [0.4, 0.5) is 14.5 Å². The Morgan fingerprint density at radius 3 is 2.67 bits per heavy atom. The summed E-state index contributed by atoms with van der Waals surface area (Å²) in [4.78, 5) is 3.32. The number of hydrogen-bond donors (Lipinski definition) is 2. The number of nitrogens with one attached hydrogen (secondary N) is 1. The molecule has 1 heterocycles. The molecule has 0 fully saturated rings. The van der Waals surface area contributed by atoms with Gasteiger partial charge in [-0.05, 0) is 24.6 Å². The first-order chi connectivity index (χ1) is 9.81. The van der Waals surface area contributed by atoms with E-state index in [0.29, 0.717) is 11.8 Å². The highest BCUT2D eigenvalue weighted by Gasteiger charge is 2.21. The van der Waals surface area contributed by atoms with E-state index in [1.807, 2.05) is 0 Å². The summed E-state index contributed by atoms with van der Waals surface area (Å²) in [5.41, 5.74) is 6.13. The van der Waals surface area contributed by atoms with Gasteiger partial charge in [0.1, 0.15) is 16.5 Å². The van der Waals surface area contributed by atoms with Crippen LogP contribution in [-0.2, 0) is 16.6 Å². The van der Waals surface area contributed by atoms with Crippen LogP contribution in [0.25, 0.3) is 0 Å². The Hall–Kier alpha value is -2.06. The van der Waals surface area contributed by atoms with Gasteiger partial charge < -0.3 is 5.73 Å².